The van der Waals surface area contributed by atoms with Crippen LogP contribution in [0, 0.1) is 5.92 Å². The van der Waals surface area contributed by atoms with Crippen molar-refractivity contribution in [2.75, 3.05) is 0 Å². The van der Waals surface area contributed by atoms with E-state index in [-0.39, 0.29) is 5.92 Å². The van der Waals surface area contributed by atoms with Crippen LogP contribution in [0.3, 0.4) is 0 Å². The van der Waals surface area contributed by atoms with Crippen LogP contribution in [0.2, 0.25) is 0 Å². The summed E-state index contributed by atoms with van der Waals surface area (Å²) in [5.41, 5.74) is 0.719. The number of hydrogen-bond acceptors (Lipinski definition) is 1. The van der Waals surface area contributed by atoms with E-state index in [1.807, 2.05) is 13.8 Å². The van der Waals surface area contributed by atoms with Crippen LogP contribution in [0.15, 0.2) is 36.6 Å². The van der Waals surface area contributed by atoms with Crippen molar-refractivity contribution < 1.29 is 17.9 Å². The van der Waals surface area contributed by atoms with Crippen LogP contribution in [-0.2, 0) is 4.74 Å². The molecule has 0 heterocycles. The van der Waals surface area contributed by atoms with E-state index in [9.17, 15) is 13.2 Å². The molecular weight excluding hydrogens is 193 g/mol. The molecule has 0 unspecified atom stereocenters. The predicted molar refractivity (Wildman–Crippen MR) is 49.4 cm³/mol. The van der Waals surface area contributed by atoms with E-state index in [0.717, 1.165) is 11.6 Å². The van der Waals surface area contributed by atoms with E-state index >= 15 is 0 Å². The van der Waals surface area contributed by atoms with E-state index in [4.69, 9.17) is 0 Å². The van der Waals surface area contributed by atoms with Crippen molar-refractivity contribution in [2.24, 2.45) is 5.92 Å². The zero-order valence-corrected chi connectivity index (χ0v) is 8.19. The van der Waals surface area contributed by atoms with Crippen molar-refractivity contribution >= 4 is 0 Å². The largest absolute Gasteiger partial charge is 0.573 e. The standard InChI is InChI=1S/C10H13F3O/c1-7(2)8(3)5-6-9(4)14-10(11,12)13/h5-7H,3-4H2,1-2H3/b6-5-. The van der Waals surface area contributed by atoms with Gasteiger partial charge in [-0.05, 0) is 12.0 Å². The van der Waals surface area contributed by atoms with Gasteiger partial charge >= 0.3 is 6.36 Å². The molecule has 80 valence electrons. The first-order valence-corrected chi connectivity index (χ1v) is 4.04. The van der Waals surface area contributed by atoms with Crippen molar-refractivity contribution in [3.05, 3.63) is 36.6 Å². The summed E-state index contributed by atoms with van der Waals surface area (Å²) in [5.74, 6) is -0.260. The quantitative estimate of drug-likeness (QED) is 0.502. The fourth-order valence-corrected chi connectivity index (χ4v) is 0.575. The van der Waals surface area contributed by atoms with E-state index in [2.05, 4.69) is 17.9 Å². The Morgan fingerprint density at radius 2 is 1.71 bits per heavy atom. The number of alkyl halides is 3. The maximum absolute atomic E-state index is 11.6. The lowest BCUT2D eigenvalue weighted by molar-refractivity contribution is -0.303. The molecule has 0 aliphatic carbocycles. The molecule has 0 saturated carbocycles. The molecule has 0 N–H and O–H groups in total. The monoisotopic (exact) mass is 206 g/mol. The van der Waals surface area contributed by atoms with Crippen LogP contribution < -0.4 is 0 Å². The van der Waals surface area contributed by atoms with Crippen LogP contribution in [-0.4, -0.2) is 6.36 Å². The van der Waals surface area contributed by atoms with Crippen LogP contribution in [0.4, 0.5) is 13.2 Å². The Balaban J connectivity index is 4.14. The van der Waals surface area contributed by atoms with Gasteiger partial charge in [0.25, 0.3) is 0 Å². The second-order valence-electron chi connectivity index (χ2n) is 3.08. The summed E-state index contributed by atoms with van der Waals surface area (Å²) in [5, 5.41) is 0. The molecule has 0 fully saturated rings. The Labute approximate surface area is 81.6 Å². The Kier molecular flexibility index (Phi) is 4.47. The number of halogens is 3. The third-order valence-corrected chi connectivity index (χ3v) is 1.47. The predicted octanol–water partition coefficient (Wildman–Crippen LogP) is 3.80. The number of ether oxygens (including phenoxy) is 1. The Morgan fingerprint density at radius 3 is 2.07 bits per heavy atom. The first-order chi connectivity index (χ1) is 6.22. The molecule has 0 aromatic carbocycles. The molecule has 0 radical (unpaired) electrons. The average molecular weight is 206 g/mol. The van der Waals surface area contributed by atoms with Crippen molar-refractivity contribution in [2.45, 2.75) is 20.2 Å². The van der Waals surface area contributed by atoms with Crippen molar-refractivity contribution in [1.29, 1.82) is 0 Å². The zero-order chi connectivity index (χ0) is 11.4. The van der Waals surface area contributed by atoms with Crippen LogP contribution in [0.25, 0.3) is 0 Å². The van der Waals surface area contributed by atoms with Gasteiger partial charge in [0.15, 0.2) is 0 Å². The normalized spacial score (nSPS) is 12.1. The Hall–Kier alpha value is -1.19. The van der Waals surface area contributed by atoms with Gasteiger partial charge < -0.3 is 4.74 Å². The van der Waals surface area contributed by atoms with Gasteiger partial charge in [0.2, 0.25) is 0 Å². The Morgan fingerprint density at radius 1 is 1.21 bits per heavy atom. The summed E-state index contributed by atoms with van der Waals surface area (Å²) in [4.78, 5) is 0. The maximum Gasteiger partial charge on any atom is 0.573 e. The first-order valence-electron chi connectivity index (χ1n) is 4.04. The van der Waals surface area contributed by atoms with Crippen LogP contribution in [0.5, 0.6) is 0 Å². The molecular formula is C10H13F3O. The van der Waals surface area contributed by atoms with E-state index < -0.39 is 12.1 Å². The molecule has 0 saturated heterocycles. The maximum atomic E-state index is 11.6. The van der Waals surface area contributed by atoms with Crippen LogP contribution in [0.1, 0.15) is 13.8 Å². The number of rotatable bonds is 4. The smallest absolute Gasteiger partial charge is 0.406 e. The summed E-state index contributed by atoms with van der Waals surface area (Å²) in [7, 11) is 0. The summed E-state index contributed by atoms with van der Waals surface area (Å²) in [6, 6.07) is 0. The van der Waals surface area contributed by atoms with Gasteiger partial charge in [0.05, 0.1) is 0 Å². The lowest BCUT2D eigenvalue weighted by Gasteiger charge is -2.08. The molecule has 0 bridgehead atoms. The average Bonchev–Trinajstić information content (AvgIpc) is 1.96. The molecule has 0 aliphatic heterocycles. The van der Waals surface area contributed by atoms with Gasteiger partial charge in [0, 0.05) is 0 Å². The van der Waals surface area contributed by atoms with Gasteiger partial charge in [-0.2, -0.15) is 0 Å². The van der Waals surface area contributed by atoms with Crippen molar-refractivity contribution in [1.82, 2.24) is 0 Å². The first kappa shape index (κ1) is 12.8. The lowest BCUT2D eigenvalue weighted by Crippen LogP contribution is -2.11. The molecule has 14 heavy (non-hydrogen) atoms. The fourth-order valence-electron chi connectivity index (χ4n) is 0.575. The van der Waals surface area contributed by atoms with Gasteiger partial charge in [0.1, 0.15) is 5.76 Å². The fraction of sp³-hybridized carbons (Fsp3) is 0.400. The second-order valence-corrected chi connectivity index (χ2v) is 3.08. The molecule has 0 amide bonds. The minimum absolute atomic E-state index is 0.185. The second kappa shape index (κ2) is 4.88. The van der Waals surface area contributed by atoms with E-state index in [0.29, 0.717) is 0 Å². The number of allylic oxidation sites excluding steroid dienone is 3. The zero-order valence-electron chi connectivity index (χ0n) is 8.19. The van der Waals surface area contributed by atoms with Gasteiger partial charge in [-0.1, -0.05) is 38.7 Å². The third kappa shape index (κ3) is 6.34. The van der Waals surface area contributed by atoms with E-state index in [1.165, 1.54) is 6.08 Å². The highest BCUT2D eigenvalue weighted by atomic mass is 19.4. The SMILES string of the molecule is C=C(/C=C\C(=C)C(C)C)OC(F)(F)F. The van der Waals surface area contributed by atoms with Gasteiger partial charge in [-0.3, -0.25) is 0 Å². The van der Waals surface area contributed by atoms with Crippen LogP contribution >= 0.6 is 0 Å². The minimum atomic E-state index is -4.68. The third-order valence-electron chi connectivity index (χ3n) is 1.47. The summed E-state index contributed by atoms with van der Waals surface area (Å²) in [6.45, 7) is 10.5. The Bertz CT molecular complexity index is 249. The molecule has 0 atom stereocenters. The topological polar surface area (TPSA) is 9.23 Å². The molecule has 0 rings (SSSR count). The summed E-state index contributed by atoms with van der Waals surface area (Å²) >= 11 is 0. The molecule has 4 heteroatoms. The molecule has 0 aromatic heterocycles. The highest BCUT2D eigenvalue weighted by Crippen LogP contribution is 2.20. The number of hydrogen-bond donors (Lipinski definition) is 0. The highest BCUT2D eigenvalue weighted by molar-refractivity contribution is 5.22. The minimum Gasteiger partial charge on any atom is -0.406 e. The van der Waals surface area contributed by atoms with Gasteiger partial charge in [-0.25, -0.2) is 0 Å². The lowest BCUT2D eigenvalue weighted by atomic mass is 10.1. The molecule has 0 spiro atoms. The summed E-state index contributed by atoms with van der Waals surface area (Å²) < 4.78 is 38.5. The molecule has 1 nitrogen and oxygen atoms in total. The van der Waals surface area contributed by atoms with Gasteiger partial charge in [-0.15, -0.1) is 13.2 Å². The molecule has 0 aliphatic rings. The highest BCUT2D eigenvalue weighted by Gasteiger charge is 2.30. The molecule has 0 aromatic rings. The van der Waals surface area contributed by atoms with Crippen molar-refractivity contribution in [3.63, 3.8) is 0 Å². The summed E-state index contributed by atoms with van der Waals surface area (Å²) in [6.07, 6.45) is -2.07. The van der Waals surface area contributed by atoms with Crippen molar-refractivity contribution in [3.8, 4) is 0 Å². The van der Waals surface area contributed by atoms with E-state index in [1.54, 1.807) is 0 Å².